The average Bonchev–Trinajstić information content (AvgIpc) is 2.52. The molecule has 1 aliphatic heterocycles. The molecule has 1 heterocycles. The lowest BCUT2D eigenvalue weighted by Crippen LogP contribution is -2.23. The number of phenolic OH excluding ortho intramolecular Hbond substituents is 3. The lowest BCUT2D eigenvalue weighted by molar-refractivity contribution is 0.255. The lowest BCUT2D eigenvalue weighted by Gasteiger charge is -2.33. The van der Waals surface area contributed by atoms with Crippen LogP contribution in [-0.4, -0.2) is 26.5 Å². The summed E-state index contributed by atoms with van der Waals surface area (Å²) in [5.41, 5.74) is 2.08. The summed E-state index contributed by atoms with van der Waals surface area (Å²) in [6, 6.07) is 8.12. The van der Waals surface area contributed by atoms with E-state index in [-0.39, 0.29) is 28.4 Å². The van der Waals surface area contributed by atoms with E-state index in [0.717, 1.165) is 5.56 Å². The molecular weight excluding hydrogens is 304 g/mol. The summed E-state index contributed by atoms with van der Waals surface area (Å²) < 4.78 is 15.5. The van der Waals surface area contributed by atoms with Gasteiger partial charge in [0.15, 0.2) is 11.5 Å². The number of fused-ring (bicyclic) bond motifs is 1. The largest absolute Gasteiger partial charge is 0.508 e. The van der Waals surface area contributed by atoms with Crippen molar-refractivity contribution < 1.29 is 24.6 Å². The van der Waals surface area contributed by atoms with Gasteiger partial charge in [-0.05, 0) is 36.7 Å². The number of hydrogen-bond acceptors (Lipinski definition) is 6. The van der Waals surface area contributed by atoms with Gasteiger partial charge in [0.05, 0.1) is 11.9 Å². The molecule has 2 aromatic rings. The van der Waals surface area contributed by atoms with Crippen LogP contribution < -0.4 is 4.74 Å². The predicted octanol–water partition coefficient (Wildman–Crippen LogP) is 3.54. The SMILES string of the molecule is Cc1c(O)c(O)cc2c1C(SO)C(c1ccc(O)cc1)CO2. The Hall–Kier alpha value is -2.05. The van der Waals surface area contributed by atoms with Crippen LogP contribution in [-0.2, 0) is 0 Å². The van der Waals surface area contributed by atoms with Crippen molar-refractivity contribution in [3.63, 3.8) is 0 Å². The quantitative estimate of drug-likeness (QED) is 0.500. The maximum Gasteiger partial charge on any atom is 0.161 e. The Morgan fingerprint density at radius 1 is 1.14 bits per heavy atom. The van der Waals surface area contributed by atoms with Gasteiger partial charge in [-0.15, -0.1) is 0 Å². The molecule has 0 saturated heterocycles. The monoisotopic (exact) mass is 320 g/mol. The van der Waals surface area contributed by atoms with E-state index < -0.39 is 0 Å². The minimum absolute atomic E-state index is 0.134. The predicted molar refractivity (Wildman–Crippen MR) is 83.8 cm³/mol. The molecule has 6 heteroatoms. The van der Waals surface area contributed by atoms with Crippen LogP contribution in [0, 0.1) is 6.92 Å². The van der Waals surface area contributed by atoms with Gasteiger partial charge >= 0.3 is 0 Å². The Morgan fingerprint density at radius 2 is 1.82 bits per heavy atom. The van der Waals surface area contributed by atoms with Crippen molar-refractivity contribution in [2.75, 3.05) is 6.61 Å². The molecule has 0 saturated carbocycles. The molecule has 0 radical (unpaired) electrons. The van der Waals surface area contributed by atoms with Crippen molar-refractivity contribution in [2.45, 2.75) is 18.1 Å². The van der Waals surface area contributed by atoms with E-state index in [2.05, 4.69) is 0 Å². The minimum Gasteiger partial charge on any atom is -0.508 e. The fraction of sp³-hybridized carbons (Fsp3) is 0.250. The van der Waals surface area contributed by atoms with Crippen LogP contribution in [0.4, 0.5) is 0 Å². The van der Waals surface area contributed by atoms with Gasteiger partial charge in [-0.3, -0.25) is 0 Å². The van der Waals surface area contributed by atoms with E-state index in [4.69, 9.17) is 4.74 Å². The van der Waals surface area contributed by atoms with Gasteiger partial charge in [0.2, 0.25) is 0 Å². The van der Waals surface area contributed by atoms with Crippen molar-refractivity contribution in [3.05, 3.63) is 47.0 Å². The number of benzene rings is 2. The summed E-state index contributed by atoms with van der Waals surface area (Å²) >= 11 is 0.689. The fourth-order valence-corrected chi connectivity index (χ4v) is 3.62. The van der Waals surface area contributed by atoms with Crippen molar-refractivity contribution in [2.24, 2.45) is 0 Å². The third-order valence-electron chi connectivity index (χ3n) is 4.04. The Morgan fingerprint density at radius 3 is 2.45 bits per heavy atom. The first-order chi connectivity index (χ1) is 10.5. The standard InChI is InChI=1S/C16H16O5S/c1-8-14-13(6-12(18)15(8)19)21-7-11(16(14)22-20)9-2-4-10(17)5-3-9/h2-6,11,16-20H,7H2,1H3. The van der Waals surface area contributed by atoms with Gasteiger partial charge in [-0.25, -0.2) is 0 Å². The van der Waals surface area contributed by atoms with Gasteiger partial charge in [-0.1, -0.05) is 12.1 Å². The molecule has 2 unspecified atom stereocenters. The highest BCUT2D eigenvalue weighted by Crippen LogP contribution is 2.52. The average molecular weight is 320 g/mol. The van der Waals surface area contributed by atoms with Gasteiger partial charge in [-0.2, -0.15) is 0 Å². The van der Waals surface area contributed by atoms with Crippen LogP contribution >= 0.6 is 12.0 Å². The first-order valence-corrected chi connectivity index (χ1v) is 7.64. The van der Waals surface area contributed by atoms with Crippen LogP contribution in [0.5, 0.6) is 23.0 Å². The zero-order valence-corrected chi connectivity index (χ0v) is 12.7. The Labute approximate surface area is 132 Å². The van der Waals surface area contributed by atoms with Crippen LogP contribution in [0.25, 0.3) is 0 Å². The van der Waals surface area contributed by atoms with E-state index >= 15 is 0 Å². The van der Waals surface area contributed by atoms with Crippen LogP contribution in [0.15, 0.2) is 30.3 Å². The molecule has 0 aromatic heterocycles. The van der Waals surface area contributed by atoms with Crippen molar-refractivity contribution >= 4 is 12.0 Å². The Balaban J connectivity index is 2.08. The minimum atomic E-state index is -0.334. The molecule has 0 fully saturated rings. The number of rotatable bonds is 2. The molecule has 1 aliphatic rings. The maximum atomic E-state index is 9.94. The van der Waals surface area contributed by atoms with Crippen molar-refractivity contribution in [3.8, 4) is 23.0 Å². The molecule has 3 rings (SSSR count). The molecule has 2 aromatic carbocycles. The molecule has 0 aliphatic carbocycles. The zero-order chi connectivity index (χ0) is 15.9. The lowest BCUT2D eigenvalue weighted by atomic mass is 9.87. The number of aromatic hydroxyl groups is 3. The molecule has 0 spiro atoms. The van der Waals surface area contributed by atoms with E-state index in [1.807, 2.05) is 0 Å². The Kier molecular flexibility index (Phi) is 3.80. The second-order valence-electron chi connectivity index (χ2n) is 5.32. The van der Waals surface area contributed by atoms with E-state index in [9.17, 15) is 19.9 Å². The smallest absolute Gasteiger partial charge is 0.161 e. The Bertz CT molecular complexity index is 699. The second kappa shape index (κ2) is 5.62. The molecule has 22 heavy (non-hydrogen) atoms. The third-order valence-corrected chi connectivity index (χ3v) is 4.83. The number of hydrogen-bond donors (Lipinski definition) is 4. The van der Waals surface area contributed by atoms with Gasteiger partial charge < -0.3 is 24.6 Å². The highest BCUT2D eigenvalue weighted by molar-refractivity contribution is 7.94. The number of phenols is 3. The fourth-order valence-electron chi connectivity index (χ4n) is 2.83. The van der Waals surface area contributed by atoms with Crippen LogP contribution in [0.1, 0.15) is 27.9 Å². The molecule has 2 atom stereocenters. The third kappa shape index (κ3) is 2.34. The van der Waals surface area contributed by atoms with Crippen LogP contribution in [0.3, 0.4) is 0 Å². The molecule has 116 valence electrons. The summed E-state index contributed by atoms with van der Waals surface area (Å²) in [5.74, 6) is 0.0710. The van der Waals surface area contributed by atoms with Gasteiger partial charge in [0, 0.05) is 23.1 Å². The van der Waals surface area contributed by atoms with Crippen molar-refractivity contribution in [1.82, 2.24) is 0 Å². The first kappa shape index (κ1) is 14.9. The number of ether oxygens (including phenoxy) is 1. The molecule has 4 N–H and O–H groups in total. The topological polar surface area (TPSA) is 90.2 Å². The maximum absolute atomic E-state index is 9.94. The summed E-state index contributed by atoms with van der Waals surface area (Å²) in [7, 11) is 0. The van der Waals surface area contributed by atoms with Crippen LogP contribution in [0.2, 0.25) is 0 Å². The zero-order valence-electron chi connectivity index (χ0n) is 11.9. The summed E-state index contributed by atoms with van der Waals surface area (Å²) in [6.07, 6.45) is 0. The molecule has 0 bridgehead atoms. The highest BCUT2D eigenvalue weighted by atomic mass is 32.2. The molecule has 0 amide bonds. The van der Waals surface area contributed by atoms with Gasteiger partial charge in [0.25, 0.3) is 0 Å². The summed E-state index contributed by atoms with van der Waals surface area (Å²) in [6.45, 7) is 2.01. The summed E-state index contributed by atoms with van der Waals surface area (Å²) in [5, 5.41) is 28.7. The van der Waals surface area contributed by atoms with E-state index in [0.29, 0.717) is 35.5 Å². The first-order valence-electron chi connectivity index (χ1n) is 6.80. The van der Waals surface area contributed by atoms with E-state index in [1.165, 1.54) is 6.07 Å². The highest BCUT2D eigenvalue weighted by Gasteiger charge is 2.35. The molecule has 5 nitrogen and oxygen atoms in total. The normalized spacial score (nSPS) is 20.3. The van der Waals surface area contributed by atoms with Crippen molar-refractivity contribution in [1.29, 1.82) is 0 Å². The summed E-state index contributed by atoms with van der Waals surface area (Å²) in [4.78, 5) is 0. The van der Waals surface area contributed by atoms with Gasteiger partial charge in [0.1, 0.15) is 11.5 Å². The van der Waals surface area contributed by atoms with E-state index in [1.54, 1.807) is 31.2 Å². The molecular formula is C16H16O5S. The second-order valence-corrected chi connectivity index (χ2v) is 6.03.